The second-order valence-electron chi connectivity index (χ2n) is 11.3. The lowest BCUT2D eigenvalue weighted by Gasteiger charge is -2.22. The maximum Gasteiger partial charge on any atom is 0.254 e. The average Bonchev–Trinajstić information content (AvgIpc) is 3.38. The Balaban J connectivity index is 1.44. The number of hydrogen-bond acceptors (Lipinski definition) is 7. The van der Waals surface area contributed by atoms with Gasteiger partial charge in [-0.15, -0.1) is 0 Å². The molecule has 1 aliphatic heterocycles. The molecule has 230 valence electrons. The molecule has 12 heteroatoms. The smallest absolute Gasteiger partial charge is 0.254 e. The van der Waals surface area contributed by atoms with Gasteiger partial charge in [-0.05, 0) is 60.4 Å². The number of anilines is 1. The summed E-state index contributed by atoms with van der Waals surface area (Å²) in [5.74, 6) is -0.331. The second-order valence-corrected chi connectivity index (χ2v) is 13.8. The third-order valence-electron chi connectivity index (χ3n) is 8.16. The number of sulfone groups is 1. The van der Waals surface area contributed by atoms with Gasteiger partial charge in [0.15, 0.2) is 9.84 Å². The summed E-state index contributed by atoms with van der Waals surface area (Å²) in [7, 11) is -1.62. The molecule has 45 heavy (non-hydrogen) atoms. The van der Waals surface area contributed by atoms with Crippen LogP contribution in [0.5, 0.6) is 0 Å². The zero-order valence-electron chi connectivity index (χ0n) is 24.9. The molecular formula is C33H31ClN6O4S. The standard InChI is InChI=1S/C33H31ClN6O4S/c1-20-6-4-9-30(28-15-22(12-13-35-28)32-29(38-33(20)42)18-37-39(32)2)40-19-36-27(17-31(40)41)26-16-23(34)10-11-25(26)21-7-5-8-24(14-21)45(3,43)44/h5,7-8,10-20,30H,4,6,9H2,1-3H3,(H,38,42). The van der Waals surface area contributed by atoms with Crippen LogP contribution in [0.1, 0.15) is 37.9 Å². The summed E-state index contributed by atoms with van der Waals surface area (Å²) in [6, 6.07) is 16.7. The first-order valence-electron chi connectivity index (χ1n) is 14.5. The van der Waals surface area contributed by atoms with Crippen LogP contribution in [-0.4, -0.2) is 44.9 Å². The number of aromatic nitrogens is 5. The van der Waals surface area contributed by atoms with E-state index in [1.54, 1.807) is 64.1 Å². The highest BCUT2D eigenvalue weighted by atomic mass is 35.5. The Morgan fingerprint density at radius 1 is 0.956 bits per heavy atom. The van der Waals surface area contributed by atoms with Crippen LogP contribution in [0.4, 0.5) is 5.69 Å². The number of benzene rings is 2. The maximum atomic E-state index is 13.8. The third kappa shape index (κ3) is 6.18. The van der Waals surface area contributed by atoms with Crippen molar-refractivity contribution in [1.29, 1.82) is 0 Å². The number of aryl methyl sites for hydroxylation is 1. The number of rotatable bonds is 4. The number of halogens is 1. The molecule has 0 spiro atoms. The van der Waals surface area contributed by atoms with Crippen LogP contribution in [0.3, 0.4) is 0 Å². The Bertz CT molecular complexity index is 2110. The number of nitrogens with zero attached hydrogens (tertiary/aromatic N) is 5. The normalized spacial score (nSPS) is 17.1. The van der Waals surface area contributed by atoms with Crippen molar-refractivity contribution in [3.8, 4) is 33.6 Å². The molecule has 0 radical (unpaired) electrons. The zero-order chi connectivity index (χ0) is 31.9. The van der Waals surface area contributed by atoms with Crippen LogP contribution < -0.4 is 10.9 Å². The Kier molecular flexibility index (Phi) is 8.15. The van der Waals surface area contributed by atoms with Gasteiger partial charge >= 0.3 is 0 Å². The van der Waals surface area contributed by atoms with Gasteiger partial charge in [0.05, 0.1) is 46.2 Å². The van der Waals surface area contributed by atoms with E-state index in [0.29, 0.717) is 58.1 Å². The third-order valence-corrected chi connectivity index (χ3v) is 9.50. The molecule has 2 atom stereocenters. The fourth-order valence-corrected chi connectivity index (χ4v) is 6.59. The molecule has 2 aromatic carbocycles. The first-order valence-corrected chi connectivity index (χ1v) is 16.7. The highest BCUT2D eigenvalue weighted by molar-refractivity contribution is 7.90. The van der Waals surface area contributed by atoms with Gasteiger partial charge in [-0.3, -0.25) is 23.8 Å². The van der Waals surface area contributed by atoms with Crippen LogP contribution >= 0.6 is 11.6 Å². The number of hydrogen-bond donors (Lipinski definition) is 1. The minimum absolute atomic E-state index is 0.0850. The van der Waals surface area contributed by atoms with Crippen molar-refractivity contribution >= 4 is 33.0 Å². The van der Waals surface area contributed by atoms with E-state index in [0.717, 1.165) is 17.5 Å². The topological polar surface area (TPSA) is 129 Å². The molecule has 0 fully saturated rings. The first-order chi connectivity index (χ1) is 21.5. The van der Waals surface area contributed by atoms with E-state index in [-0.39, 0.29) is 22.3 Å². The molecule has 6 rings (SSSR count). The van der Waals surface area contributed by atoms with Crippen LogP contribution in [0.2, 0.25) is 5.02 Å². The minimum atomic E-state index is -3.43. The predicted molar refractivity (Wildman–Crippen MR) is 174 cm³/mol. The second kappa shape index (κ2) is 12.1. The average molecular weight is 643 g/mol. The van der Waals surface area contributed by atoms with Gasteiger partial charge in [0.25, 0.3) is 5.56 Å². The summed E-state index contributed by atoms with van der Waals surface area (Å²) in [4.78, 5) is 36.3. The van der Waals surface area contributed by atoms with Gasteiger partial charge in [0, 0.05) is 47.6 Å². The van der Waals surface area contributed by atoms with Crippen molar-refractivity contribution in [3.05, 3.63) is 100 Å². The molecule has 2 unspecified atom stereocenters. The Hall–Kier alpha value is -4.61. The first kappa shape index (κ1) is 30.4. The molecule has 10 nitrogen and oxygen atoms in total. The van der Waals surface area contributed by atoms with E-state index in [4.69, 9.17) is 16.6 Å². The summed E-state index contributed by atoms with van der Waals surface area (Å²) in [6.07, 6.45) is 7.87. The molecular weight excluding hydrogens is 612 g/mol. The summed E-state index contributed by atoms with van der Waals surface area (Å²) in [5.41, 5.74) is 4.92. The van der Waals surface area contributed by atoms with Gasteiger partial charge in [0.1, 0.15) is 0 Å². The van der Waals surface area contributed by atoms with Crippen LogP contribution in [-0.2, 0) is 21.7 Å². The Labute approximate surface area is 265 Å². The SMILES string of the molecule is CC1CCCC(n2cnc(-c3cc(Cl)ccc3-c3cccc(S(C)(=O)=O)c3)cc2=O)c2cc(ccn2)-c2c(cnn2C)NC1=O. The van der Waals surface area contributed by atoms with Gasteiger partial charge in [-0.25, -0.2) is 13.4 Å². The number of amides is 1. The summed E-state index contributed by atoms with van der Waals surface area (Å²) >= 11 is 6.39. The highest BCUT2D eigenvalue weighted by Gasteiger charge is 2.24. The lowest BCUT2D eigenvalue weighted by atomic mass is 9.96. The van der Waals surface area contributed by atoms with Crippen molar-refractivity contribution in [2.45, 2.75) is 37.1 Å². The minimum Gasteiger partial charge on any atom is -0.323 e. The predicted octanol–water partition coefficient (Wildman–Crippen LogP) is 5.78. The van der Waals surface area contributed by atoms with Gasteiger partial charge < -0.3 is 5.32 Å². The Morgan fingerprint density at radius 2 is 1.78 bits per heavy atom. The van der Waals surface area contributed by atoms with Crippen molar-refractivity contribution in [2.24, 2.45) is 13.0 Å². The molecule has 0 aliphatic carbocycles. The number of carbonyl (C=O) groups is 1. The van der Waals surface area contributed by atoms with Crippen LogP contribution in [0, 0.1) is 5.92 Å². The lowest BCUT2D eigenvalue weighted by Crippen LogP contribution is -2.27. The fourth-order valence-electron chi connectivity index (χ4n) is 5.75. The fraction of sp³-hybridized carbons (Fsp3) is 0.242. The van der Waals surface area contributed by atoms with Crippen molar-refractivity contribution < 1.29 is 13.2 Å². The number of fused-ring (bicyclic) bond motifs is 4. The lowest BCUT2D eigenvalue weighted by molar-refractivity contribution is -0.119. The maximum absolute atomic E-state index is 13.8. The molecule has 2 bridgehead atoms. The van der Waals surface area contributed by atoms with Crippen molar-refractivity contribution in [3.63, 3.8) is 0 Å². The van der Waals surface area contributed by atoms with Crippen molar-refractivity contribution in [1.82, 2.24) is 24.3 Å². The van der Waals surface area contributed by atoms with E-state index in [1.165, 1.54) is 12.4 Å². The number of pyridine rings is 1. The van der Waals surface area contributed by atoms with Gasteiger partial charge in [0.2, 0.25) is 5.91 Å². The van der Waals surface area contributed by atoms with E-state index in [2.05, 4.69) is 15.4 Å². The number of nitrogens with one attached hydrogen (secondary N) is 1. The van der Waals surface area contributed by atoms with E-state index in [1.807, 2.05) is 26.1 Å². The Morgan fingerprint density at radius 3 is 2.56 bits per heavy atom. The molecule has 0 saturated heterocycles. The quantitative estimate of drug-likeness (QED) is 0.263. The monoisotopic (exact) mass is 642 g/mol. The summed E-state index contributed by atoms with van der Waals surface area (Å²) in [5, 5.41) is 7.83. The molecule has 1 N–H and O–H groups in total. The van der Waals surface area contributed by atoms with E-state index in [9.17, 15) is 18.0 Å². The van der Waals surface area contributed by atoms with Crippen LogP contribution in [0.25, 0.3) is 33.6 Å². The van der Waals surface area contributed by atoms with Crippen LogP contribution in [0.15, 0.2) is 89.1 Å². The molecule has 3 aromatic heterocycles. The molecule has 0 saturated carbocycles. The molecule has 1 amide bonds. The van der Waals surface area contributed by atoms with E-state index < -0.39 is 15.9 Å². The van der Waals surface area contributed by atoms with Gasteiger partial charge in [-0.1, -0.05) is 43.1 Å². The highest BCUT2D eigenvalue weighted by Crippen LogP contribution is 2.35. The largest absolute Gasteiger partial charge is 0.323 e. The van der Waals surface area contributed by atoms with Gasteiger partial charge in [-0.2, -0.15) is 5.10 Å². The summed E-state index contributed by atoms with van der Waals surface area (Å²) in [6.45, 7) is 1.89. The number of carbonyl (C=O) groups excluding carboxylic acids is 1. The zero-order valence-corrected chi connectivity index (χ0v) is 26.5. The molecule has 4 heterocycles. The summed E-state index contributed by atoms with van der Waals surface area (Å²) < 4.78 is 27.7. The van der Waals surface area contributed by atoms with E-state index >= 15 is 0 Å². The molecule has 5 aromatic rings. The molecule has 1 aliphatic rings. The van der Waals surface area contributed by atoms with Crippen molar-refractivity contribution in [2.75, 3.05) is 11.6 Å².